The Bertz CT molecular complexity index is 116. The summed E-state index contributed by atoms with van der Waals surface area (Å²) in [7, 11) is 1.90. The Labute approximate surface area is 42.7 Å². The fraction of sp³-hybridized carbons (Fsp3) is 0.500. The Hall–Kier alpha value is -0.590. The second-order valence-corrected chi connectivity index (χ2v) is 1.50. The van der Waals surface area contributed by atoms with Crippen molar-refractivity contribution in [3.63, 3.8) is 0 Å². The van der Waals surface area contributed by atoms with E-state index in [1.165, 1.54) is 0 Å². The van der Waals surface area contributed by atoms with Crippen LogP contribution >= 0.6 is 9.24 Å². The van der Waals surface area contributed by atoms with Gasteiger partial charge >= 0.3 is 0 Å². The van der Waals surface area contributed by atoms with Gasteiger partial charge in [0.25, 0.3) is 0 Å². The number of rotatable bonds is 2. The smallest absolute Gasteiger partial charge is 0.154 e. The second-order valence-electron chi connectivity index (χ2n) is 0.855. The summed E-state index contributed by atoms with van der Waals surface area (Å²) < 4.78 is 0. The Kier molecular flexibility index (Phi) is 3.29. The molecule has 0 fully saturated rings. The van der Waals surface area contributed by atoms with Crippen LogP contribution < -0.4 is 0 Å². The minimum atomic E-state index is -0.196. The molecule has 0 aromatic carbocycles. The van der Waals surface area contributed by atoms with Gasteiger partial charge in [0.15, 0.2) is 5.52 Å². The third-order valence-corrected chi connectivity index (χ3v) is 0.472. The van der Waals surface area contributed by atoms with Crippen LogP contribution in [0.4, 0.5) is 0 Å². The minimum Gasteiger partial charge on any atom is -0.295 e. The molecule has 38 valence electrons. The second kappa shape index (κ2) is 3.59. The zero-order valence-electron chi connectivity index (χ0n) is 3.53. The van der Waals surface area contributed by atoms with E-state index < -0.39 is 0 Å². The van der Waals surface area contributed by atoms with Gasteiger partial charge in [-0.05, 0) is 5.53 Å². The highest BCUT2D eigenvalue weighted by molar-refractivity contribution is 7.40. The third-order valence-electron chi connectivity index (χ3n) is 0.290. The van der Waals surface area contributed by atoms with Gasteiger partial charge in [-0.3, -0.25) is 4.79 Å². The highest BCUT2D eigenvalue weighted by Gasteiger charge is 1.83. The van der Waals surface area contributed by atoms with Crippen molar-refractivity contribution in [3.8, 4) is 0 Å². The van der Waals surface area contributed by atoms with Crippen molar-refractivity contribution in [3.05, 3.63) is 10.4 Å². The maximum atomic E-state index is 9.90. The first kappa shape index (κ1) is 6.41. The molecule has 0 aromatic rings. The van der Waals surface area contributed by atoms with Crippen LogP contribution in [0, 0.1) is 0 Å². The average Bonchev–Trinajstić information content (AvgIpc) is 1.61. The van der Waals surface area contributed by atoms with Gasteiger partial charge in [0, 0.05) is 4.91 Å². The van der Waals surface area contributed by atoms with E-state index in [1.54, 1.807) is 0 Å². The summed E-state index contributed by atoms with van der Waals surface area (Å²) in [5.74, 6) is 0. The summed E-state index contributed by atoms with van der Waals surface area (Å²) in [5, 5.41) is 2.98. The summed E-state index contributed by atoms with van der Waals surface area (Å²) in [6.07, 6.45) is 0. The van der Waals surface area contributed by atoms with Crippen LogP contribution in [0.15, 0.2) is 5.11 Å². The van der Waals surface area contributed by atoms with Crippen molar-refractivity contribution < 1.29 is 4.79 Å². The van der Waals surface area contributed by atoms with Gasteiger partial charge in [0.2, 0.25) is 0 Å². The number of carbonyl (C=O) groups is 1. The lowest BCUT2D eigenvalue weighted by atomic mass is 10.8. The van der Waals surface area contributed by atoms with E-state index in [2.05, 4.69) is 10.0 Å². The predicted molar refractivity (Wildman–Crippen MR) is 28.7 cm³/mol. The van der Waals surface area contributed by atoms with Crippen molar-refractivity contribution in [1.82, 2.24) is 0 Å². The maximum absolute atomic E-state index is 9.90. The standard InChI is InChI=1S/C2H4N3OP/c3-5-4-1-2(6)7/h1,7H2. The predicted octanol–water partition coefficient (Wildman–Crippen LogP) is 0.698. The van der Waals surface area contributed by atoms with Gasteiger partial charge < -0.3 is 0 Å². The normalized spacial score (nSPS) is 7.00. The van der Waals surface area contributed by atoms with Crippen molar-refractivity contribution >= 4 is 14.8 Å². The van der Waals surface area contributed by atoms with Gasteiger partial charge in [-0.25, -0.2) is 0 Å². The molecule has 0 bridgehead atoms. The van der Waals surface area contributed by atoms with E-state index in [0.717, 1.165) is 0 Å². The number of nitrogens with zero attached hydrogens (tertiary/aromatic N) is 3. The van der Waals surface area contributed by atoms with E-state index >= 15 is 0 Å². The summed E-state index contributed by atoms with van der Waals surface area (Å²) in [4.78, 5) is 12.3. The topological polar surface area (TPSA) is 65.8 Å². The molecule has 0 aliphatic heterocycles. The Balaban J connectivity index is 3.32. The Morgan fingerprint density at radius 3 is 2.71 bits per heavy atom. The van der Waals surface area contributed by atoms with Crippen molar-refractivity contribution in [2.24, 2.45) is 5.11 Å². The first-order chi connectivity index (χ1) is 3.27. The molecule has 0 N–H and O–H groups in total. The van der Waals surface area contributed by atoms with Crippen molar-refractivity contribution in [2.75, 3.05) is 6.54 Å². The van der Waals surface area contributed by atoms with E-state index in [9.17, 15) is 4.79 Å². The molecule has 0 spiro atoms. The molecule has 0 aliphatic rings. The molecule has 0 heterocycles. The quantitative estimate of drug-likeness (QED) is 0.227. The van der Waals surface area contributed by atoms with Crippen LogP contribution in [0.2, 0.25) is 0 Å². The van der Waals surface area contributed by atoms with Crippen molar-refractivity contribution in [1.29, 1.82) is 0 Å². The Morgan fingerprint density at radius 2 is 2.57 bits per heavy atom. The molecule has 0 aromatic heterocycles. The molecule has 0 aliphatic carbocycles. The SMILES string of the molecule is [N-]=[N+]=NCC(=O)P. The molecule has 0 saturated heterocycles. The maximum Gasteiger partial charge on any atom is 0.154 e. The van der Waals surface area contributed by atoms with E-state index in [4.69, 9.17) is 5.53 Å². The first-order valence-electron chi connectivity index (χ1n) is 1.56. The zero-order chi connectivity index (χ0) is 5.70. The molecule has 1 atom stereocenters. The van der Waals surface area contributed by atoms with Crippen LogP contribution in [0.3, 0.4) is 0 Å². The first-order valence-corrected chi connectivity index (χ1v) is 2.14. The van der Waals surface area contributed by atoms with Crippen LogP contribution in [0.25, 0.3) is 10.4 Å². The lowest BCUT2D eigenvalue weighted by Gasteiger charge is -1.74. The molecular weight excluding hydrogens is 113 g/mol. The van der Waals surface area contributed by atoms with Crippen LogP contribution in [-0.4, -0.2) is 12.1 Å². The molecule has 0 amide bonds. The number of carbonyl (C=O) groups excluding carboxylic acids is 1. The monoisotopic (exact) mass is 117 g/mol. The molecule has 4 nitrogen and oxygen atoms in total. The summed E-state index contributed by atoms with van der Waals surface area (Å²) >= 11 is 0. The summed E-state index contributed by atoms with van der Waals surface area (Å²) in [5.41, 5.74) is 7.42. The summed E-state index contributed by atoms with van der Waals surface area (Å²) in [6, 6.07) is 0. The molecule has 0 radical (unpaired) electrons. The van der Waals surface area contributed by atoms with Crippen LogP contribution in [-0.2, 0) is 4.79 Å². The van der Waals surface area contributed by atoms with Crippen molar-refractivity contribution in [2.45, 2.75) is 0 Å². The molecule has 0 saturated carbocycles. The number of azide groups is 1. The molecular formula is C2H4N3OP. The van der Waals surface area contributed by atoms with Gasteiger partial charge in [-0.2, -0.15) is 0 Å². The number of hydrogen-bond acceptors (Lipinski definition) is 2. The fourth-order valence-corrected chi connectivity index (χ4v) is 0.183. The van der Waals surface area contributed by atoms with Crippen LogP contribution in [0.1, 0.15) is 0 Å². The van der Waals surface area contributed by atoms with E-state index in [1.807, 2.05) is 9.24 Å². The molecule has 7 heavy (non-hydrogen) atoms. The Morgan fingerprint density at radius 1 is 2.00 bits per heavy atom. The zero-order valence-corrected chi connectivity index (χ0v) is 4.69. The molecule has 1 unspecified atom stereocenters. The van der Waals surface area contributed by atoms with Gasteiger partial charge in [0.05, 0.1) is 6.54 Å². The van der Waals surface area contributed by atoms with Gasteiger partial charge in [0.1, 0.15) is 0 Å². The average molecular weight is 117 g/mol. The highest BCUT2D eigenvalue weighted by atomic mass is 31.0. The lowest BCUT2D eigenvalue weighted by Crippen LogP contribution is -1.86. The van der Waals surface area contributed by atoms with Gasteiger partial charge in [-0.15, -0.1) is 0 Å². The van der Waals surface area contributed by atoms with Crippen LogP contribution in [0.5, 0.6) is 0 Å². The summed E-state index contributed by atoms with van der Waals surface area (Å²) in [6.45, 7) is -0.0683. The number of hydrogen-bond donors (Lipinski definition) is 0. The van der Waals surface area contributed by atoms with E-state index in [0.29, 0.717) is 0 Å². The lowest BCUT2D eigenvalue weighted by molar-refractivity contribution is -0.109. The largest absolute Gasteiger partial charge is 0.295 e. The van der Waals surface area contributed by atoms with E-state index in [-0.39, 0.29) is 12.1 Å². The fourth-order valence-electron chi connectivity index (χ4n) is 0.101. The molecule has 5 heteroatoms. The molecule has 0 rings (SSSR count). The third kappa shape index (κ3) is 5.41. The minimum absolute atomic E-state index is 0.0683. The highest BCUT2D eigenvalue weighted by Crippen LogP contribution is 1.83. The van der Waals surface area contributed by atoms with Gasteiger partial charge in [-0.1, -0.05) is 14.4 Å².